The lowest BCUT2D eigenvalue weighted by Gasteiger charge is -2.12. The van der Waals surface area contributed by atoms with Crippen LogP contribution in [0.4, 0.5) is 18.9 Å². The van der Waals surface area contributed by atoms with E-state index >= 15 is 0 Å². The molecule has 2 aromatic carbocycles. The molecule has 0 bridgehead atoms. The Labute approximate surface area is 149 Å². The smallest absolute Gasteiger partial charge is 0.322 e. The van der Waals surface area contributed by atoms with E-state index in [1.807, 2.05) is 19.9 Å². The molecule has 0 saturated heterocycles. The Kier molecular flexibility index (Phi) is 5.72. The summed E-state index contributed by atoms with van der Waals surface area (Å²) in [5.74, 6) is -0.563. The minimum Gasteiger partial charge on any atom is -0.322 e. The molecule has 2 aromatic rings. The Morgan fingerprint density at radius 1 is 1.08 bits per heavy atom. The van der Waals surface area contributed by atoms with Gasteiger partial charge in [-0.05, 0) is 49.2 Å². The van der Waals surface area contributed by atoms with Gasteiger partial charge in [-0.3, -0.25) is 4.79 Å². The zero-order valence-electron chi connectivity index (χ0n) is 14.0. The minimum atomic E-state index is -4.68. The number of hydrogen-bond acceptors (Lipinski definition) is 3. The maximum atomic E-state index is 12.4. The molecular formula is C17H17F3N2O3S. The number of hydrogen-bond donors (Lipinski definition) is 2. The highest BCUT2D eigenvalue weighted by molar-refractivity contribution is 7.89. The van der Waals surface area contributed by atoms with E-state index in [-0.39, 0.29) is 5.56 Å². The average molecular weight is 386 g/mol. The molecule has 9 heteroatoms. The quantitative estimate of drug-likeness (QED) is 0.827. The van der Waals surface area contributed by atoms with E-state index in [4.69, 9.17) is 0 Å². The standard InChI is InChI=1S/C17H17F3N2O3S/c1-11-5-3-8-15(12(11)2)22-16(23)13-6-4-7-14(9-13)26(24,25)21-10-17(18,19)20/h3-9,21H,10H2,1-2H3,(H,22,23). The van der Waals surface area contributed by atoms with Crippen molar-refractivity contribution < 1.29 is 26.4 Å². The second-order valence-corrected chi connectivity index (χ2v) is 7.44. The molecular weight excluding hydrogens is 369 g/mol. The topological polar surface area (TPSA) is 75.3 Å². The van der Waals surface area contributed by atoms with Crippen molar-refractivity contribution >= 4 is 21.6 Å². The Hall–Kier alpha value is -2.39. The number of benzene rings is 2. The van der Waals surface area contributed by atoms with E-state index in [0.29, 0.717) is 5.69 Å². The molecule has 0 aliphatic carbocycles. The largest absolute Gasteiger partial charge is 0.402 e. The van der Waals surface area contributed by atoms with E-state index < -0.39 is 33.5 Å². The second-order valence-electron chi connectivity index (χ2n) is 5.67. The summed E-state index contributed by atoms with van der Waals surface area (Å²) in [6.45, 7) is 2.02. The molecule has 0 atom stereocenters. The number of sulfonamides is 1. The summed E-state index contributed by atoms with van der Waals surface area (Å²) in [7, 11) is -4.39. The van der Waals surface area contributed by atoms with Gasteiger partial charge < -0.3 is 5.32 Å². The number of amides is 1. The van der Waals surface area contributed by atoms with Crippen LogP contribution in [0.3, 0.4) is 0 Å². The molecule has 0 aromatic heterocycles. The van der Waals surface area contributed by atoms with Crippen molar-refractivity contribution in [3.05, 3.63) is 59.2 Å². The Balaban J connectivity index is 2.23. The van der Waals surface area contributed by atoms with Gasteiger partial charge in [-0.1, -0.05) is 18.2 Å². The number of halogens is 3. The molecule has 2 rings (SSSR count). The molecule has 0 fully saturated rings. The molecule has 0 spiro atoms. The molecule has 0 aliphatic heterocycles. The lowest BCUT2D eigenvalue weighted by Crippen LogP contribution is -2.33. The number of nitrogens with one attached hydrogen (secondary N) is 2. The van der Waals surface area contributed by atoms with Crippen molar-refractivity contribution in [3.63, 3.8) is 0 Å². The minimum absolute atomic E-state index is 0.0146. The summed E-state index contributed by atoms with van der Waals surface area (Å²) in [6, 6.07) is 10.2. The average Bonchev–Trinajstić information content (AvgIpc) is 2.57. The summed E-state index contributed by atoms with van der Waals surface area (Å²) >= 11 is 0. The molecule has 26 heavy (non-hydrogen) atoms. The first-order valence-corrected chi connectivity index (χ1v) is 9.02. The highest BCUT2D eigenvalue weighted by Gasteiger charge is 2.30. The monoisotopic (exact) mass is 386 g/mol. The Morgan fingerprint density at radius 2 is 1.73 bits per heavy atom. The molecule has 0 saturated carbocycles. The van der Waals surface area contributed by atoms with Gasteiger partial charge in [-0.2, -0.15) is 13.2 Å². The van der Waals surface area contributed by atoms with E-state index in [9.17, 15) is 26.4 Å². The Morgan fingerprint density at radius 3 is 2.38 bits per heavy atom. The predicted molar refractivity (Wildman–Crippen MR) is 91.6 cm³/mol. The zero-order chi connectivity index (χ0) is 19.5. The van der Waals surface area contributed by atoms with Crippen molar-refractivity contribution in [3.8, 4) is 0 Å². The highest BCUT2D eigenvalue weighted by Crippen LogP contribution is 2.20. The van der Waals surface area contributed by atoms with E-state index in [2.05, 4.69) is 5.32 Å². The first-order valence-electron chi connectivity index (χ1n) is 7.54. The fourth-order valence-electron chi connectivity index (χ4n) is 2.15. The molecule has 140 valence electrons. The lowest BCUT2D eigenvalue weighted by atomic mass is 10.1. The van der Waals surface area contributed by atoms with E-state index in [0.717, 1.165) is 23.3 Å². The SMILES string of the molecule is Cc1cccc(NC(=O)c2cccc(S(=O)(=O)NCC(F)(F)F)c2)c1C. The maximum Gasteiger partial charge on any atom is 0.402 e. The van der Waals surface area contributed by atoms with Crippen LogP contribution in [-0.2, 0) is 10.0 Å². The number of alkyl halides is 3. The van der Waals surface area contributed by atoms with Crippen LogP contribution in [0.2, 0.25) is 0 Å². The van der Waals surface area contributed by atoms with Gasteiger partial charge >= 0.3 is 6.18 Å². The first-order chi connectivity index (χ1) is 12.0. The third kappa shape index (κ3) is 5.06. The number of carbonyl (C=O) groups is 1. The van der Waals surface area contributed by atoms with Crippen LogP contribution in [-0.4, -0.2) is 27.0 Å². The van der Waals surface area contributed by atoms with E-state index in [1.54, 1.807) is 12.1 Å². The van der Waals surface area contributed by atoms with Crippen LogP contribution in [0, 0.1) is 13.8 Å². The van der Waals surface area contributed by atoms with Crippen LogP contribution < -0.4 is 10.0 Å². The van der Waals surface area contributed by atoms with Crippen molar-refractivity contribution in [2.45, 2.75) is 24.9 Å². The number of aryl methyl sites for hydroxylation is 1. The summed E-state index contributed by atoms with van der Waals surface area (Å²) in [6.07, 6.45) is -4.68. The van der Waals surface area contributed by atoms with Gasteiger partial charge in [0.1, 0.15) is 6.54 Å². The molecule has 0 heterocycles. The second kappa shape index (κ2) is 7.46. The third-order valence-corrected chi connectivity index (χ3v) is 5.12. The van der Waals surface area contributed by atoms with Crippen LogP contribution in [0.5, 0.6) is 0 Å². The third-order valence-electron chi connectivity index (χ3n) is 3.72. The van der Waals surface area contributed by atoms with Gasteiger partial charge in [-0.25, -0.2) is 13.1 Å². The van der Waals surface area contributed by atoms with Crippen LogP contribution in [0.25, 0.3) is 0 Å². The van der Waals surface area contributed by atoms with Gasteiger partial charge in [-0.15, -0.1) is 0 Å². The van der Waals surface area contributed by atoms with Crippen LogP contribution >= 0.6 is 0 Å². The first kappa shape index (κ1) is 19.9. The molecule has 1 amide bonds. The van der Waals surface area contributed by atoms with Gasteiger partial charge in [0.05, 0.1) is 4.90 Å². The molecule has 0 aliphatic rings. The maximum absolute atomic E-state index is 12.4. The van der Waals surface area contributed by atoms with Crippen molar-refractivity contribution in [1.29, 1.82) is 0 Å². The summed E-state index contributed by atoms with van der Waals surface area (Å²) in [4.78, 5) is 11.9. The van der Waals surface area contributed by atoms with Crippen molar-refractivity contribution in [2.75, 3.05) is 11.9 Å². The lowest BCUT2D eigenvalue weighted by molar-refractivity contribution is -0.121. The molecule has 5 nitrogen and oxygen atoms in total. The van der Waals surface area contributed by atoms with Gasteiger partial charge in [0.2, 0.25) is 10.0 Å². The Bertz CT molecular complexity index is 925. The number of anilines is 1. The number of rotatable bonds is 5. The normalized spacial score (nSPS) is 12.0. The summed E-state index contributed by atoms with van der Waals surface area (Å²) < 4.78 is 62.1. The fraction of sp³-hybridized carbons (Fsp3) is 0.235. The molecule has 0 unspecified atom stereocenters. The molecule has 2 N–H and O–H groups in total. The summed E-state index contributed by atoms with van der Waals surface area (Å²) in [5, 5.41) is 2.67. The van der Waals surface area contributed by atoms with Crippen molar-refractivity contribution in [2.24, 2.45) is 0 Å². The van der Waals surface area contributed by atoms with Gasteiger partial charge in [0.25, 0.3) is 5.91 Å². The van der Waals surface area contributed by atoms with E-state index in [1.165, 1.54) is 16.9 Å². The highest BCUT2D eigenvalue weighted by atomic mass is 32.2. The van der Waals surface area contributed by atoms with Crippen LogP contribution in [0.15, 0.2) is 47.4 Å². The van der Waals surface area contributed by atoms with Crippen molar-refractivity contribution in [1.82, 2.24) is 4.72 Å². The van der Waals surface area contributed by atoms with Gasteiger partial charge in [0, 0.05) is 11.3 Å². The number of carbonyl (C=O) groups excluding carboxylic acids is 1. The molecule has 0 radical (unpaired) electrons. The zero-order valence-corrected chi connectivity index (χ0v) is 14.8. The fourth-order valence-corrected chi connectivity index (χ4v) is 3.21. The van der Waals surface area contributed by atoms with Crippen LogP contribution in [0.1, 0.15) is 21.5 Å². The summed E-state index contributed by atoms with van der Waals surface area (Å²) in [5.41, 5.74) is 2.41. The van der Waals surface area contributed by atoms with Gasteiger partial charge in [0.15, 0.2) is 0 Å². The predicted octanol–water partition coefficient (Wildman–Crippen LogP) is 3.40.